The number of carbonyl (C=O) groups excluding carboxylic acids is 2. The van der Waals surface area contributed by atoms with Crippen molar-refractivity contribution >= 4 is 46.3 Å². The molecule has 0 aliphatic carbocycles. The number of carbonyl (C=O) groups is 2. The first-order valence-electron chi connectivity index (χ1n) is 10.2. The zero-order chi connectivity index (χ0) is 24.1. The van der Waals surface area contributed by atoms with Crippen LogP contribution in [0.15, 0.2) is 75.3 Å². The molecular weight excluding hydrogens is 458 g/mol. The minimum atomic E-state index is -0.608. The second-order valence-electron chi connectivity index (χ2n) is 7.37. The van der Waals surface area contributed by atoms with Crippen LogP contribution in [0.2, 0.25) is 0 Å². The van der Waals surface area contributed by atoms with Crippen LogP contribution in [0.4, 0.5) is 11.4 Å². The van der Waals surface area contributed by atoms with Gasteiger partial charge in [-0.25, -0.2) is 0 Å². The standard InChI is InChI=1S/C23H19N5O5S/c1-14-5-7-16(8-6-14)25-21(29)12-20-22(30)26-23(34-20)27-24-13-18-9-10-19(33-18)15-3-2-4-17(11-15)28(31)32/h2-11,13,20H,12H2,1H3,(H,25,29)(H,26,27,30)/b24-13-/t20-/m0/s1. The van der Waals surface area contributed by atoms with E-state index in [1.807, 2.05) is 19.1 Å². The van der Waals surface area contributed by atoms with Crippen molar-refractivity contribution in [2.45, 2.75) is 18.6 Å². The molecule has 1 aliphatic rings. The van der Waals surface area contributed by atoms with Crippen LogP contribution in [-0.2, 0) is 9.59 Å². The summed E-state index contributed by atoms with van der Waals surface area (Å²) in [5, 5.41) is 23.9. The third kappa shape index (κ3) is 5.75. The number of benzene rings is 2. The van der Waals surface area contributed by atoms with Crippen molar-refractivity contribution < 1.29 is 18.9 Å². The maximum Gasteiger partial charge on any atom is 0.270 e. The van der Waals surface area contributed by atoms with Gasteiger partial charge in [-0.2, -0.15) is 5.10 Å². The molecule has 10 nitrogen and oxygen atoms in total. The largest absolute Gasteiger partial charge is 0.455 e. The Balaban J connectivity index is 1.34. The lowest BCUT2D eigenvalue weighted by molar-refractivity contribution is -0.384. The van der Waals surface area contributed by atoms with Gasteiger partial charge in [0.1, 0.15) is 16.8 Å². The topological polar surface area (TPSA) is 139 Å². The predicted octanol–water partition coefficient (Wildman–Crippen LogP) is 4.11. The van der Waals surface area contributed by atoms with Crippen molar-refractivity contribution in [3.63, 3.8) is 0 Å². The molecule has 4 rings (SSSR count). The fourth-order valence-corrected chi connectivity index (χ4v) is 4.02. The molecule has 0 radical (unpaired) electrons. The Morgan fingerprint density at radius 1 is 1.24 bits per heavy atom. The van der Waals surface area contributed by atoms with Crippen LogP contribution < -0.4 is 10.6 Å². The van der Waals surface area contributed by atoms with E-state index in [1.54, 1.807) is 36.4 Å². The van der Waals surface area contributed by atoms with Gasteiger partial charge in [0.05, 0.1) is 11.1 Å². The summed E-state index contributed by atoms with van der Waals surface area (Å²) in [5.74, 6) is 0.240. The van der Waals surface area contributed by atoms with E-state index in [-0.39, 0.29) is 29.1 Å². The quantitative estimate of drug-likeness (QED) is 0.298. The van der Waals surface area contributed by atoms with E-state index >= 15 is 0 Å². The summed E-state index contributed by atoms with van der Waals surface area (Å²) in [6.07, 6.45) is 1.36. The zero-order valence-electron chi connectivity index (χ0n) is 17.9. The van der Waals surface area contributed by atoms with Crippen LogP contribution in [0.3, 0.4) is 0 Å². The molecule has 172 valence electrons. The van der Waals surface area contributed by atoms with Crippen molar-refractivity contribution in [1.29, 1.82) is 0 Å². The van der Waals surface area contributed by atoms with Crippen LogP contribution in [-0.4, -0.2) is 33.4 Å². The van der Waals surface area contributed by atoms with Gasteiger partial charge in [-0.05, 0) is 31.2 Å². The summed E-state index contributed by atoms with van der Waals surface area (Å²) < 4.78 is 5.64. The summed E-state index contributed by atoms with van der Waals surface area (Å²) in [4.78, 5) is 34.9. The third-order valence-corrected chi connectivity index (χ3v) is 5.86. The number of non-ortho nitro benzene ring substituents is 1. The average Bonchev–Trinajstić information content (AvgIpc) is 3.42. The zero-order valence-corrected chi connectivity index (χ0v) is 18.7. The number of amides is 2. The molecule has 2 amide bonds. The molecule has 2 heterocycles. The Bertz CT molecular complexity index is 1300. The number of thioether (sulfide) groups is 1. The van der Waals surface area contributed by atoms with Crippen molar-refractivity contribution in [3.05, 3.63) is 82.1 Å². The molecule has 0 unspecified atom stereocenters. The van der Waals surface area contributed by atoms with Gasteiger partial charge in [-0.1, -0.05) is 41.6 Å². The van der Waals surface area contributed by atoms with Gasteiger partial charge in [0.2, 0.25) is 11.8 Å². The lowest BCUT2D eigenvalue weighted by Crippen LogP contribution is -2.28. The summed E-state index contributed by atoms with van der Waals surface area (Å²) >= 11 is 1.12. The van der Waals surface area contributed by atoms with E-state index in [2.05, 4.69) is 20.8 Å². The second kappa shape index (κ2) is 10.1. The highest BCUT2D eigenvalue weighted by atomic mass is 32.2. The third-order valence-electron chi connectivity index (χ3n) is 4.78. The Morgan fingerprint density at radius 3 is 2.79 bits per heavy atom. The fourth-order valence-electron chi connectivity index (χ4n) is 3.09. The molecule has 0 bridgehead atoms. The molecule has 1 saturated heterocycles. The number of furan rings is 1. The number of nitro groups is 1. The van der Waals surface area contributed by atoms with Gasteiger partial charge in [-0.3, -0.25) is 19.7 Å². The van der Waals surface area contributed by atoms with Crippen LogP contribution in [0.1, 0.15) is 17.7 Å². The molecule has 3 aromatic rings. The van der Waals surface area contributed by atoms with E-state index in [0.29, 0.717) is 22.8 Å². The Hall–Kier alpha value is -4.25. The molecule has 34 heavy (non-hydrogen) atoms. The fraction of sp³-hybridized carbons (Fsp3) is 0.130. The second-order valence-corrected chi connectivity index (χ2v) is 8.56. The first kappa shape index (κ1) is 22.9. The van der Waals surface area contributed by atoms with E-state index in [4.69, 9.17) is 4.42 Å². The normalized spacial score (nSPS) is 16.7. The summed E-state index contributed by atoms with van der Waals surface area (Å²) in [6, 6.07) is 16.8. The number of nitrogens with one attached hydrogen (secondary N) is 2. The first-order valence-corrected chi connectivity index (χ1v) is 11.0. The van der Waals surface area contributed by atoms with Crippen LogP contribution >= 0.6 is 11.8 Å². The van der Waals surface area contributed by atoms with Gasteiger partial charge in [0.25, 0.3) is 5.69 Å². The van der Waals surface area contributed by atoms with Crippen LogP contribution in [0.25, 0.3) is 11.3 Å². The molecule has 2 aromatic carbocycles. The number of aryl methyl sites for hydroxylation is 1. The molecule has 0 saturated carbocycles. The first-order chi connectivity index (χ1) is 16.4. The number of hydrogen-bond donors (Lipinski definition) is 2. The minimum Gasteiger partial charge on any atom is -0.455 e. The summed E-state index contributed by atoms with van der Waals surface area (Å²) in [5.41, 5.74) is 2.28. The van der Waals surface area contributed by atoms with Crippen LogP contribution in [0.5, 0.6) is 0 Å². The monoisotopic (exact) mass is 477 g/mol. The van der Waals surface area contributed by atoms with Gasteiger partial charge in [0.15, 0.2) is 5.17 Å². The van der Waals surface area contributed by atoms with Gasteiger partial charge in [-0.15, -0.1) is 5.10 Å². The maximum absolute atomic E-state index is 12.3. The van der Waals surface area contributed by atoms with Gasteiger partial charge in [0, 0.05) is 29.8 Å². The molecule has 11 heteroatoms. The molecule has 1 atom stereocenters. The predicted molar refractivity (Wildman–Crippen MR) is 130 cm³/mol. The highest BCUT2D eigenvalue weighted by Gasteiger charge is 2.32. The smallest absolute Gasteiger partial charge is 0.270 e. The summed E-state index contributed by atoms with van der Waals surface area (Å²) in [6.45, 7) is 1.95. The number of nitro benzene ring substituents is 1. The van der Waals surface area contributed by atoms with Gasteiger partial charge >= 0.3 is 0 Å². The van der Waals surface area contributed by atoms with E-state index in [9.17, 15) is 19.7 Å². The van der Waals surface area contributed by atoms with E-state index in [0.717, 1.165) is 17.3 Å². The van der Waals surface area contributed by atoms with Crippen molar-refractivity contribution in [3.8, 4) is 11.3 Å². The molecule has 0 spiro atoms. The Morgan fingerprint density at radius 2 is 2.03 bits per heavy atom. The lowest BCUT2D eigenvalue weighted by Gasteiger charge is -2.07. The number of hydrogen-bond acceptors (Lipinski definition) is 8. The molecule has 1 fully saturated rings. The van der Waals surface area contributed by atoms with Crippen molar-refractivity contribution in [2.75, 3.05) is 5.32 Å². The number of rotatable bonds is 7. The molecule has 1 aromatic heterocycles. The molecular formula is C23H19N5O5S. The number of nitrogens with zero attached hydrogens (tertiary/aromatic N) is 3. The highest BCUT2D eigenvalue weighted by Crippen LogP contribution is 2.26. The lowest BCUT2D eigenvalue weighted by atomic mass is 10.1. The average molecular weight is 478 g/mol. The SMILES string of the molecule is Cc1ccc(NC(=O)C[C@@H]2S/C(=N\N=C/c3ccc(-c4cccc([N+](=O)[O-])c4)o3)NC2=O)cc1. The Labute approximate surface area is 198 Å². The van der Waals surface area contributed by atoms with E-state index in [1.165, 1.54) is 18.3 Å². The molecule has 2 N–H and O–H groups in total. The van der Waals surface area contributed by atoms with E-state index < -0.39 is 10.2 Å². The van der Waals surface area contributed by atoms with Crippen molar-refractivity contribution in [1.82, 2.24) is 5.32 Å². The number of anilines is 1. The van der Waals surface area contributed by atoms with Gasteiger partial charge < -0.3 is 15.1 Å². The molecule has 1 aliphatic heterocycles. The highest BCUT2D eigenvalue weighted by molar-refractivity contribution is 8.15. The van der Waals surface area contributed by atoms with Crippen LogP contribution in [0, 0.1) is 17.0 Å². The maximum atomic E-state index is 12.3. The Kier molecular flexibility index (Phi) is 6.83. The van der Waals surface area contributed by atoms with Crippen molar-refractivity contribution in [2.24, 2.45) is 10.2 Å². The minimum absolute atomic E-state index is 0.00212. The number of amidine groups is 1. The summed E-state index contributed by atoms with van der Waals surface area (Å²) in [7, 11) is 0.